The molecule has 0 bridgehead atoms. The number of carboxylic acids is 1. The molecule has 0 aromatic rings. The van der Waals surface area contributed by atoms with Crippen molar-refractivity contribution in [2.45, 2.75) is 64.2 Å². The van der Waals surface area contributed by atoms with Gasteiger partial charge in [-0.25, -0.2) is 0 Å². The summed E-state index contributed by atoms with van der Waals surface area (Å²) in [5, 5.41) is 12.6. The molecule has 5 nitrogen and oxygen atoms in total. The van der Waals surface area contributed by atoms with Gasteiger partial charge in [0, 0.05) is 13.0 Å². The molecule has 0 saturated heterocycles. The molecule has 2 N–H and O–H groups in total. The molecule has 1 fully saturated rings. The lowest BCUT2D eigenvalue weighted by atomic mass is 9.97. The minimum atomic E-state index is -0.800. The molecule has 0 aliphatic heterocycles. The number of hydrogen-bond acceptors (Lipinski definition) is 4. The fourth-order valence-corrected chi connectivity index (χ4v) is 2.56. The van der Waals surface area contributed by atoms with Crippen LogP contribution in [0.2, 0.25) is 0 Å². The number of aliphatic carboxylic acids is 1. The molecule has 3 atom stereocenters. The lowest BCUT2D eigenvalue weighted by Gasteiger charge is -2.26. The van der Waals surface area contributed by atoms with Crippen LogP contribution >= 0.6 is 0 Å². The number of ether oxygens (including phenoxy) is 2. The second-order valence-corrected chi connectivity index (χ2v) is 5.29. The van der Waals surface area contributed by atoms with Crippen LogP contribution in [0.5, 0.6) is 0 Å². The lowest BCUT2D eigenvalue weighted by Crippen LogP contribution is -2.50. The quantitative estimate of drug-likeness (QED) is 0.670. The van der Waals surface area contributed by atoms with E-state index < -0.39 is 11.5 Å². The Labute approximate surface area is 115 Å². The molecule has 19 heavy (non-hydrogen) atoms. The van der Waals surface area contributed by atoms with E-state index in [1.165, 1.54) is 0 Å². The molecule has 112 valence electrons. The van der Waals surface area contributed by atoms with Crippen molar-refractivity contribution >= 4 is 5.97 Å². The maximum atomic E-state index is 11.5. The number of carbonyl (C=O) groups is 1. The fourth-order valence-electron chi connectivity index (χ4n) is 2.56. The summed E-state index contributed by atoms with van der Waals surface area (Å²) < 4.78 is 11.2. The van der Waals surface area contributed by atoms with Crippen molar-refractivity contribution in [2.24, 2.45) is 0 Å². The molecule has 0 aromatic heterocycles. The highest BCUT2D eigenvalue weighted by Gasteiger charge is 2.45. The number of nitrogens with one attached hydrogen (secondary N) is 1. The van der Waals surface area contributed by atoms with E-state index in [1.807, 2.05) is 20.8 Å². The molecule has 1 saturated carbocycles. The van der Waals surface area contributed by atoms with E-state index in [9.17, 15) is 9.90 Å². The number of rotatable bonds is 9. The first-order chi connectivity index (χ1) is 9.04. The Morgan fingerprint density at radius 2 is 2.26 bits per heavy atom. The van der Waals surface area contributed by atoms with Crippen LogP contribution in [0.15, 0.2) is 0 Å². The van der Waals surface area contributed by atoms with Crippen LogP contribution in [0, 0.1) is 0 Å². The van der Waals surface area contributed by atoms with Crippen LogP contribution in [0.3, 0.4) is 0 Å². The normalized spacial score (nSPS) is 28.5. The van der Waals surface area contributed by atoms with Gasteiger partial charge >= 0.3 is 5.97 Å². The highest BCUT2D eigenvalue weighted by Crippen LogP contribution is 2.33. The minimum absolute atomic E-state index is 0.0101. The second-order valence-electron chi connectivity index (χ2n) is 5.29. The maximum Gasteiger partial charge on any atom is 0.323 e. The van der Waals surface area contributed by atoms with Crippen molar-refractivity contribution in [3.63, 3.8) is 0 Å². The van der Waals surface area contributed by atoms with Crippen LogP contribution in [0.1, 0.15) is 46.5 Å². The first-order valence-electron chi connectivity index (χ1n) is 7.25. The molecule has 1 aliphatic rings. The molecule has 0 spiro atoms. The average Bonchev–Trinajstić information content (AvgIpc) is 2.78. The Balaban J connectivity index is 2.47. The van der Waals surface area contributed by atoms with E-state index in [0.717, 1.165) is 19.4 Å². The predicted molar refractivity (Wildman–Crippen MR) is 73.3 cm³/mol. The Morgan fingerprint density at radius 1 is 1.53 bits per heavy atom. The Hall–Kier alpha value is -0.650. The van der Waals surface area contributed by atoms with Gasteiger partial charge in [-0.2, -0.15) is 0 Å². The van der Waals surface area contributed by atoms with Crippen molar-refractivity contribution in [1.82, 2.24) is 5.32 Å². The van der Waals surface area contributed by atoms with Crippen molar-refractivity contribution < 1.29 is 19.4 Å². The zero-order valence-electron chi connectivity index (χ0n) is 12.3. The molecule has 5 heteroatoms. The van der Waals surface area contributed by atoms with Crippen LogP contribution in [0.4, 0.5) is 0 Å². The van der Waals surface area contributed by atoms with Crippen LogP contribution < -0.4 is 5.32 Å². The molecule has 3 unspecified atom stereocenters. The summed E-state index contributed by atoms with van der Waals surface area (Å²) in [4.78, 5) is 11.5. The van der Waals surface area contributed by atoms with E-state index in [2.05, 4.69) is 5.32 Å². The molecular formula is C14H27NO4. The van der Waals surface area contributed by atoms with Gasteiger partial charge in [0.05, 0.1) is 18.8 Å². The molecular weight excluding hydrogens is 246 g/mol. The summed E-state index contributed by atoms with van der Waals surface area (Å²) in [5.74, 6) is -0.760. The Kier molecular flexibility index (Phi) is 6.75. The van der Waals surface area contributed by atoms with Gasteiger partial charge in [-0.3, -0.25) is 4.79 Å². The highest BCUT2D eigenvalue weighted by atomic mass is 16.5. The van der Waals surface area contributed by atoms with Crippen molar-refractivity contribution in [2.75, 3.05) is 19.8 Å². The summed E-state index contributed by atoms with van der Waals surface area (Å²) >= 11 is 0. The summed E-state index contributed by atoms with van der Waals surface area (Å²) in [6, 6.07) is 0. The zero-order valence-corrected chi connectivity index (χ0v) is 12.3. The van der Waals surface area contributed by atoms with Gasteiger partial charge in [-0.15, -0.1) is 0 Å². The topological polar surface area (TPSA) is 67.8 Å². The highest BCUT2D eigenvalue weighted by molar-refractivity contribution is 5.79. The van der Waals surface area contributed by atoms with Crippen LogP contribution in [-0.2, 0) is 14.3 Å². The summed E-state index contributed by atoms with van der Waals surface area (Å²) in [5.41, 5.74) is -0.800. The van der Waals surface area contributed by atoms with E-state index in [-0.39, 0.29) is 12.2 Å². The summed E-state index contributed by atoms with van der Waals surface area (Å²) in [7, 11) is 0. The van der Waals surface area contributed by atoms with Crippen LogP contribution in [-0.4, -0.2) is 48.6 Å². The second kappa shape index (κ2) is 7.82. The molecule has 0 amide bonds. The predicted octanol–water partition coefficient (Wildman–Crippen LogP) is 1.80. The van der Waals surface area contributed by atoms with Crippen LogP contribution in [0.25, 0.3) is 0 Å². The third kappa shape index (κ3) is 4.75. The van der Waals surface area contributed by atoms with Crippen molar-refractivity contribution in [3.05, 3.63) is 0 Å². The van der Waals surface area contributed by atoms with E-state index in [1.54, 1.807) is 0 Å². The third-order valence-corrected chi connectivity index (χ3v) is 3.57. The van der Waals surface area contributed by atoms with Gasteiger partial charge < -0.3 is 19.9 Å². The lowest BCUT2D eigenvalue weighted by molar-refractivity contribution is -0.145. The SMILES string of the molecule is CCCNC1(C(=O)O)CCC(OC(C)COCC)C1. The third-order valence-electron chi connectivity index (χ3n) is 3.57. The maximum absolute atomic E-state index is 11.5. The first-order valence-corrected chi connectivity index (χ1v) is 7.25. The monoisotopic (exact) mass is 273 g/mol. The van der Waals surface area contributed by atoms with Crippen molar-refractivity contribution in [1.29, 1.82) is 0 Å². The number of carboxylic acid groups (broad SMARTS) is 1. The van der Waals surface area contributed by atoms with Gasteiger partial charge in [-0.05, 0) is 39.7 Å². The van der Waals surface area contributed by atoms with E-state index in [4.69, 9.17) is 9.47 Å². The smallest absolute Gasteiger partial charge is 0.323 e. The van der Waals surface area contributed by atoms with Gasteiger partial charge in [0.15, 0.2) is 0 Å². The molecule has 1 aliphatic carbocycles. The molecule has 0 heterocycles. The molecule has 0 aromatic carbocycles. The van der Waals surface area contributed by atoms with Gasteiger partial charge in [0.25, 0.3) is 0 Å². The average molecular weight is 273 g/mol. The summed E-state index contributed by atoms with van der Waals surface area (Å²) in [6.45, 7) is 7.93. The standard InChI is InChI=1S/C14H27NO4/c1-4-8-15-14(13(16)17)7-6-12(9-14)19-11(3)10-18-5-2/h11-12,15H,4-10H2,1-3H3,(H,16,17). The molecule has 1 rings (SSSR count). The largest absolute Gasteiger partial charge is 0.480 e. The Morgan fingerprint density at radius 3 is 2.84 bits per heavy atom. The minimum Gasteiger partial charge on any atom is -0.480 e. The zero-order chi connectivity index (χ0) is 14.3. The summed E-state index contributed by atoms with van der Waals surface area (Å²) in [6.07, 6.45) is 2.92. The van der Waals surface area contributed by atoms with Gasteiger partial charge in [0.2, 0.25) is 0 Å². The van der Waals surface area contributed by atoms with E-state index >= 15 is 0 Å². The fraction of sp³-hybridized carbons (Fsp3) is 0.929. The first kappa shape index (κ1) is 16.4. The van der Waals surface area contributed by atoms with E-state index in [0.29, 0.717) is 26.1 Å². The Bertz CT molecular complexity index is 285. The van der Waals surface area contributed by atoms with Gasteiger partial charge in [0.1, 0.15) is 5.54 Å². The number of hydrogen-bond donors (Lipinski definition) is 2. The molecule has 0 radical (unpaired) electrons. The van der Waals surface area contributed by atoms with Crippen molar-refractivity contribution in [3.8, 4) is 0 Å². The van der Waals surface area contributed by atoms with Gasteiger partial charge in [-0.1, -0.05) is 6.92 Å².